The molecule has 1 aliphatic carbocycles. The maximum Gasteiger partial charge on any atom is 0.348 e. The lowest BCUT2D eigenvalue weighted by molar-refractivity contribution is -0.123. The van der Waals surface area contributed by atoms with Gasteiger partial charge in [-0.2, -0.15) is 0 Å². The van der Waals surface area contributed by atoms with Gasteiger partial charge in [0.15, 0.2) is 0 Å². The number of rotatable bonds is 5. The molecule has 1 amide bonds. The van der Waals surface area contributed by atoms with Gasteiger partial charge in [-0.1, -0.05) is 49.4 Å². The molecule has 156 valence electrons. The number of anilines is 1. The molecular formula is C25H27NO3S. The third kappa shape index (κ3) is 3.86. The van der Waals surface area contributed by atoms with Crippen LogP contribution in [0.25, 0.3) is 21.2 Å². The number of thiophene rings is 1. The Morgan fingerprint density at radius 2 is 1.73 bits per heavy atom. The molecule has 1 aliphatic rings. The van der Waals surface area contributed by atoms with E-state index in [0.29, 0.717) is 18.2 Å². The molecule has 1 N–H and O–H groups in total. The number of nitrogens with zero attached hydrogens (tertiary/aromatic N) is 1. The van der Waals surface area contributed by atoms with Gasteiger partial charge in [-0.15, -0.1) is 11.3 Å². The summed E-state index contributed by atoms with van der Waals surface area (Å²) in [5, 5.41) is 10.7. The molecule has 5 heteroatoms. The molecule has 0 radical (unpaired) electrons. The average molecular weight is 422 g/mol. The maximum absolute atomic E-state index is 13.4. The second kappa shape index (κ2) is 8.60. The summed E-state index contributed by atoms with van der Waals surface area (Å²) in [5.74, 6) is -0.256. The summed E-state index contributed by atoms with van der Waals surface area (Å²) in [7, 11) is 0. The van der Waals surface area contributed by atoms with Crippen LogP contribution in [0.15, 0.2) is 48.5 Å². The van der Waals surface area contributed by atoms with E-state index in [1.807, 2.05) is 55.5 Å². The van der Waals surface area contributed by atoms with Crippen molar-refractivity contribution in [1.82, 2.24) is 0 Å². The zero-order valence-electron chi connectivity index (χ0n) is 17.4. The molecule has 1 heterocycles. The number of hydrogen-bond donors (Lipinski definition) is 1. The Labute approximate surface area is 181 Å². The van der Waals surface area contributed by atoms with E-state index < -0.39 is 5.97 Å². The van der Waals surface area contributed by atoms with Crippen LogP contribution in [0.1, 0.15) is 49.2 Å². The minimum absolute atomic E-state index is 0.0127. The van der Waals surface area contributed by atoms with E-state index in [-0.39, 0.29) is 16.7 Å². The van der Waals surface area contributed by atoms with Crippen LogP contribution in [0.2, 0.25) is 0 Å². The smallest absolute Gasteiger partial charge is 0.348 e. The number of hydrogen-bond acceptors (Lipinski definition) is 3. The van der Waals surface area contributed by atoms with Crippen LogP contribution in [-0.4, -0.2) is 23.5 Å². The van der Waals surface area contributed by atoms with E-state index in [4.69, 9.17) is 0 Å². The first-order valence-electron chi connectivity index (χ1n) is 10.7. The van der Waals surface area contributed by atoms with E-state index in [1.165, 1.54) is 11.3 Å². The summed E-state index contributed by atoms with van der Waals surface area (Å²) in [5.41, 5.74) is 2.70. The Kier molecular flexibility index (Phi) is 5.91. The molecule has 4 nitrogen and oxygen atoms in total. The lowest BCUT2D eigenvalue weighted by atomic mass is 9.82. The van der Waals surface area contributed by atoms with Gasteiger partial charge in [0, 0.05) is 22.5 Å². The summed E-state index contributed by atoms with van der Waals surface area (Å²) < 4.78 is 0.896. The van der Waals surface area contributed by atoms with Gasteiger partial charge in [0.2, 0.25) is 5.91 Å². The second-order valence-electron chi connectivity index (χ2n) is 8.20. The van der Waals surface area contributed by atoms with Gasteiger partial charge in [-0.3, -0.25) is 4.79 Å². The second-order valence-corrected chi connectivity index (χ2v) is 9.25. The van der Waals surface area contributed by atoms with E-state index in [0.717, 1.165) is 46.9 Å². The molecule has 1 saturated carbocycles. The SMILES string of the molecule is CCN(C(=O)C1CCC(C)CC1)c1c(C(=O)O)sc2cc(-c3ccccc3)ccc12. The van der Waals surface area contributed by atoms with Crippen LogP contribution in [0.3, 0.4) is 0 Å². The number of carbonyl (C=O) groups is 2. The van der Waals surface area contributed by atoms with E-state index in [9.17, 15) is 14.7 Å². The molecule has 0 aliphatic heterocycles. The fraction of sp³-hybridized carbons (Fsp3) is 0.360. The van der Waals surface area contributed by atoms with Crippen molar-refractivity contribution in [2.75, 3.05) is 11.4 Å². The predicted octanol–water partition coefficient (Wildman–Crippen LogP) is 6.45. The largest absolute Gasteiger partial charge is 0.477 e. The van der Waals surface area contributed by atoms with Gasteiger partial charge in [0.25, 0.3) is 0 Å². The first-order chi connectivity index (χ1) is 14.5. The van der Waals surface area contributed by atoms with Crippen molar-refractivity contribution in [1.29, 1.82) is 0 Å². The molecule has 0 spiro atoms. The molecule has 0 unspecified atom stereocenters. The minimum atomic E-state index is -0.976. The first kappa shape index (κ1) is 20.6. The standard InChI is InChI=1S/C25H27NO3S/c1-3-26(24(27)18-11-9-16(2)10-12-18)22-20-14-13-19(17-7-5-4-6-8-17)15-21(20)30-23(22)25(28)29/h4-8,13-16,18H,3,9-12H2,1-2H3,(H,28,29). The van der Waals surface area contributed by atoms with Crippen LogP contribution < -0.4 is 4.90 Å². The molecule has 0 bridgehead atoms. The lowest BCUT2D eigenvalue weighted by Crippen LogP contribution is -2.38. The molecule has 30 heavy (non-hydrogen) atoms. The molecule has 0 atom stereocenters. The fourth-order valence-electron chi connectivity index (χ4n) is 4.46. The molecule has 1 aromatic heterocycles. The Morgan fingerprint density at radius 3 is 2.37 bits per heavy atom. The Morgan fingerprint density at radius 1 is 1.03 bits per heavy atom. The Balaban J connectivity index is 1.77. The van der Waals surface area contributed by atoms with Crippen molar-refractivity contribution in [2.45, 2.75) is 39.5 Å². The average Bonchev–Trinajstić information content (AvgIpc) is 3.14. The van der Waals surface area contributed by atoms with Crippen LogP contribution >= 0.6 is 11.3 Å². The quantitative estimate of drug-likeness (QED) is 0.515. The number of amides is 1. The normalized spacial score (nSPS) is 19.0. The van der Waals surface area contributed by atoms with Gasteiger partial charge >= 0.3 is 5.97 Å². The highest BCUT2D eigenvalue weighted by atomic mass is 32.1. The number of benzene rings is 2. The van der Waals surface area contributed by atoms with Crippen molar-refractivity contribution in [3.8, 4) is 11.1 Å². The third-order valence-corrected chi connectivity index (χ3v) is 7.31. The predicted molar refractivity (Wildman–Crippen MR) is 123 cm³/mol. The minimum Gasteiger partial charge on any atom is -0.477 e. The van der Waals surface area contributed by atoms with Gasteiger partial charge in [-0.05, 0) is 55.7 Å². The Bertz CT molecular complexity index is 1060. The number of carboxylic acid groups (broad SMARTS) is 1. The van der Waals surface area contributed by atoms with Crippen LogP contribution in [0, 0.1) is 11.8 Å². The highest BCUT2D eigenvalue weighted by Crippen LogP contribution is 2.41. The van der Waals surface area contributed by atoms with E-state index in [1.54, 1.807) is 4.90 Å². The van der Waals surface area contributed by atoms with Crippen molar-refractivity contribution in [3.63, 3.8) is 0 Å². The third-order valence-electron chi connectivity index (χ3n) is 6.18. The van der Waals surface area contributed by atoms with Crippen molar-refractivity contribution in [3.05, 3.63) is 53.4 Å². The molecule has 4 rings (SSSR count). The number of carboxylic acids is 1. The summed E-state index contributed by atoms with van der Waals surface area (Å²) in [6, 6.07) is 16.1. The van der Waals surface area contributed by atoms with Crippen molar-refractivity contribution in [2.24, 2.45) is 11.8 Å². The zero-order chi connectivity index (χ0) is 21.3. The van der Waals surface area contributed by atoms with Crippen LogP contribution in [0.4, 0.5) is 5.69 Å². The van der Waals surface area contributed by atoms with E-state index in [2.05, 4.69) is 6.92 Å². The fourth-order valence-corrected chi connectivity index (χ4v) is 5.54. The maximum atomic E-state index is 13.4. The van der Waals surface area contributed by atoms with Crippen molar-refractivity contribution < 1.29 is 14.7 Å². The summed E-state index contributed by atoms with van der Waals surface area (Å²) in [6.07, 6.45) is 3.90. The summed E-state index contributed by atoms with van der Waals surface area (Å²) in [6.45, 7) is 4.63. The molecule has 2 aromatic carbocycles. The van der Waals surface area contributed by atoms with Gasteiger partial charge in [0.1, 0.15) is 4.88 Å². The first-order valence-corrected chi connectivity index (χ1v) is 11.5. The molecule has 3 aromatic rings. The molecule has 1 fully saturated rings. The number of carbonyl (C=O) groups excluding carboxylic acids is 1. The molecular weight excluding hydrogens is 394 g/mol. The summed E-state index contributed by atoms with van der Waals surface area (Å²) in [4.78, 5) is 27.4. The van der Waals surface area contributed by atoms with Crippen LogP contribution in [0.5, 0.6) is 0 Å². The van der Waals surface area contributed by atoms with Gasteiger partial charge in [-0.25, -0.2) is 4.79 Å². The monoisotopic (exact) mass is 421 g/mol. The summed E-state index contributed by atoms with van der Waals surface area (Å²) >= 11 is 1.26. The van der Waals surface area contributed by atoms with E-state index >= 15 is 0 Å². The highest BCUT2D eigenvalue weighted by Gasteiger charge is 2.32. The zero-order valence-corrected chi connectivity index (χ0v) is 18.2. The number of aromatic carboxylic acids is 1. The van der Waals surface area contributed by atoms with Gasteiger partial charge < -0.3 is 10.0 Å². The highest BCUT2D eigenvalue weighted by molar-refractivity contribution is 7.21. The molecule has 0 saturated heterocycles. The lowest BCUT2D eigenvalue weighted by Gasteiger charge is -2.30. The van der Waals surface area contributed by atoms with Crippen molar-refractivity contribution >= 4 is 39.0 Å². The number of fused-ring (bicyclic) bond motifs is 1. The van der Waals surface area contributed by atoms with Gasteiger partial charge in [0.05, 0.1) is 5.69 Å². The topological polar surface area (TPSA) is 57.6 Å². The Hall–Kier alpha value is -2.66. The van der Waals surface area contributed by atoms with Crippen LogP contribution in [-0.2, 0) is 4.79 Å².